The van der Waals surface area contributed by atoms with Crippen LogP contribution in [0.15, 0.2) is 72.8 Å². The number of anilines is 1. The zero-order valence-electron chi connectivity index (χ0n) is 16.8. The summed E-state index contributed by atoms with van der Waals surface area (Å²) in [5.74, 6) is 1.10. The molecule has 4 rings (SSSR count). The van der Waals surface area contributed by atoms with Crippen molar-refractivity contribution in [2.24, 2.45) is 5.92 Å². The number of aryl methyl sites for hydroxylation is 1. The molecule has 0 saturated carbocycles. The lowest BCUT2D eigenvalue weighted by Crippen LogP contribution is -2.55. The molecule has 5 heteroatoms. The zero-order valence-corrected chi connectivity index (χ0v) is 19.0. The minimum Gasteiger partial charge on any atom is -0.508 e. The van der Waals surface area contributed by atoms with Gasteiger partial charge in [-0.1, -0.05) is 24.3 Å². The van der Waals surface area contributed by atoms with Gasteiger partial charge in [0.2, 0.25) is 5.91 Å². The first-order valence-corrected chi connectivity index (χ1v) is 11.1. The first-order chi connectivity index (χ1) is 14.6. The van der Waals surface area contributed by atoms with Crippen molar-refractivity contribution in [1.29, 1.82) is 0 Å². The van der Waals surface area contributed by atoms with E-state index in [0.29, 0.717) is 0 Å². The molecule has 1 saturated heterocycles. The molecule has 0 aromatic heterocycles. The van der Waals surface area contributed by atoms with E-state index in [9.17, 15) is 9.90 Å². The van der Waals surface area contributed by atoms with Crippen molar-refractivity contribution in [2.45, 2.75) is 25.3 Å². The Morgan fingerprint density at radius 1 is 0.967 bits per heavy atom. The number of hydrogen-bond donors (Lipinski definition) is 1. The maximum Gasteiger partial charge on any atom is 0.233 e. The van der Waals surface area contributed by atoms with E-state index in [1.54, 1.807) is 19.2 Å². The molecule has 0 radical (unpaired) electrons. The Labute approximate surface area is 190 Å². The number of ether oxygens (including phenoxy) is 1. The van der Waals surface area contributed by atoms with Gasteiger partial charge in [-0.3, -0.25) is 4.79 Å². The predicted octanol–water partition coefficient (Wildman–Crippen LogP) is 5.73. The topological polar surface area (TPSA) is 49.8 Å². The van der Waals surface area contributed by atoms with Crippen molar-refractivity contribution in [3.8, 4) is 11.5 Å². The average Bonchev–Trinajstić information content (AvgIpc) is 2.77. The summed E-state index contributed by atoms with van der Waals surface area (Å²) in [6.07, 6.45) is 2.76. The van der Waals surface area contributed by atoms with Gasteiger partial charge in [-0.25, -0.2) is 0 Å². The Balaban J connectivity index is 1.52. The molecule has 1 aliphatic rings. The second kappa shape index (κ2) is 9.08. The number of nitrogens with zero attached hydrogens (tertiary/aromatic N) is 1. The molecule has 0 aliphatic carbocycles. The van der Waals surface area contributed by atoms with Gasteiger partial charge in [-0.2, -0.15) is 0 Å². The number of methoxy groups -OCH3 is 1. The number of carbonyl (C=O) groups excluding carboxylic acids is 1. The molecular formula is C25H24INO3. The van der Waals surface area contributed by atoms with Crippen LogP contribution in [0.5, 0.6) is 11.5 Å². The highest BCUT2D eigenvalue weighted by atomic mass is 127. The SMILES string of the molecule is COc1ccc(N2C(=O)[C@H](CCCc3ccc(I)cc3)[C@H]2c2ccc(O)cc2)cc1. The van der Waals surface area contributed by atoms with Crippen LogP contribution in [0.3, 0.4) is 0 Å². The molecule has 4 nitrogen and oxygen atoms in total. The molecule has 0 bridgehead atoms. The van der Waals surface area contributed by atoms with Crippen LogP contribution in [0.2, 0.25) is 0 Å². The van der Waals surface area contributed by atoms with Crippen LogP contribution in [0.4, 0.5) is 5.69 Å². The van der Waals surface area contributed by atoms with Crippen LogP contribution in [0.25, 0.3) is 0 Å². The molecular weight excluding hydrogens is 489 g/mol. The monoisotopic (exact) mass is 513 g/mol. The Kier molecular flexibility index (Phi) is 6.27. The third-order valence-corrected chi connectivity index (χ3v) is 6.41. The summed E-state index contributed by atoms with van der Waals surface area (Å²) in [5.41, 5.74) is 3.21. The molecule has 3 aromatic carbocycles. The highest BCUT2D eigenvalue weighted by Crippen LogP contribution is 2.46. The lowest BCUT2D eigenvalue weighted by atomic mass is 9.78. The van der Waals surface area contributed by atoms with Gasteiger partial charge in [0.25, 0.3) is 0 Å². The molecule has 1 amide bonds. The number of carbonyl (C=O) groups is 1. The summed E-state index contributed by atoms with van der Waals surface area (Å²) in [6, 6.07) is 23.3. The normalized spacial score (nSPS) is 18.2. The van der Waals surface area contributed by atoms with Gasteiger partial charge in [0.1, 0.15) is 11.5 Å². The highest BCUT2D eigenvalue weighted by molar-refractivity contribution is 14.1. The lowest BCUT2D eigenvalue weighted by Gasteiger charge is -2.47. The van der Waals surface area contributed by atoms with Crippen LogP contribution in [-0.4, -0.2) is 18.1 Å². The molecule has 30 heavy (non-hydrogen) atoms. The van der Waals surface area contributed by atoms with Crippen molar-refractivity contribution in [3.63, 3.8) is 0 Å². The van der Waals surface area contributed by atoms with Crippen LogP contribution >= 0.6 is 22.6 Å². The number of β-lactam (4-membered cyclic amide) rings is 1. The van der Waals surface area contributed by atoms with Crippen molar-refractivity contribution < 1.29 is 14.6 Å². The van der Waals surface area contributed by atoms with Gasteiger partial charge < -0.3 is 14.7 Å². The third-order valence-electron chi connectivity index (χ3n) is 5.69. The summed E-state index contributed by atoms with van der Waals surface area (Å²) in [4.78, 5) is 15.0. The molecule has 1 aliphatic heterocycles. The lowest BCUT2D eigenvalue weighted by molar-refractivity contribution is -0.130. The van der Waals surface area contributed by atoms with Crippen LogP contribution in [0, 0.1) is 9.49 Å². The number of halogens is 1. The Bertz CT molecular complexity index is 1000. The van der Waals surface area contributed by atoms with Crippen molar-refractivity contribution in [2.75, 3.05) is 12.0 Å². The van der Waals surface area contributed by atoms with E-state index in [4.69, 9.17) is 4.74 Å². The van der Waals surface area contributed by atoms with Crippen LogP contribution < -0.4 is 9.64 Å². The van der Waals surface area contributed by atoms with E-state index in [2.05, 4.69) is 46.9 Å². The van der Waals surface area contributed by atoms with Gasteiger partial charge in [-0.15, -0.1) is 0 Å². The number of aromatic hydroxyl groups is 1. The fraction of sp³-hybridized carbons (Fsp3) is 0.240. The van der Waals surface area contributed by atoms with Crippen molar-refractivity contribution >= 4 is 34.2 Å². The first kappa shape index (κ1) is 20.7. The molecule has 1 fully saturated rings. The molecule has 2 atom stereocenters. The van der Waals surface area contributed by atoms with Gasteiger partial charge in [-0.05, 0) is 102 Å². The van der Waals surface area contributed by atoms with E-state index in [-0.39, 0.29) is 23.6 Å². The highest BCUT2D eigenvalue weighted by Gasteiger charge is 2.48. The molecule has 0 unspecified atom stereocenters. The Morgan fingerprint density at radius 3 is 2.27 bits per heavy atom. The van der Waals surface area contributed by atoms with E-state index in [1.165, 1.54) is 9.13 Å². The maximum atomic E-state index is 13.1. The minimum absolute atomic E-state index is 0.0248. The summed E-state index contributed by atoms with van der Waals surface area (Å²) >= 11 is 2.31. The zero-order chi connectivity index (χ0) is 21.1. The summed E-state index contributed by atoms with van der Waals surface area (Å²) in [6.45, 7) is 0. The molecule has 0 spiro atoms. The third kappa shape index (κ3) is 4.31. The molecule has 3 aromatic rings. The van der Waals surface area contributed by atoms with Crippen molar-refractivity contribution in [3.05, 3.63) is 87.5 Å². The number of benzene rings is 3. The Morgan fingerprint density at radius 2 is 1.63 bits per heavy atom. The average molecular weight is 513 g/mol. The number of phenolic OH excluding ortho intramolecular Hbond substituents is 1. The minimum atomic E-state index is -0.0551. The number of hydrogen-bond acceptors (Lipinski definition) is 3. The van der Waals surface area contributed by atoms with Crippen LogP contribution in [-0.2, 0) is 11.2 Å². The second-order valence-corrected chi connectivity index (χ2v) is 8.81. The largest absolute Gasteiger partial charge is 0.508 e. The smallest absolute Gasteiger partial charge is 0.233 e. The predicted molar refractivity (Wildman–Crippen MR) is 127 cm³/mol. The molecule has 1 heterocycles. The summed E-state index contributed by atoms with van der Waals surface area (Å²) in [7, 11) is 1.63. The standard InChI is InChI=1S/C25H24INO3/c1-30-22-15-11-20(12-16-22)27-24(18-7-13-21(28)14-8-18)23(25(27)29)4-2-3-17-5-9-19(26)10-6-17/h5-16,23-24,28H,2-4H2,1H3/t23-,24-/m1/s1. The van der Waals surface area contributed by atoms with Crippen LogP contribution in [0.1, 0.15) is 30.0 Å². The van der Waals surface area contributed by atoms with Gasteiger partial charge in [0.05, 0.1) is 19.1 Å². The number of phenols is 1. The summed E-state index contributed by atoms with van der Waals surface area (Å²) < 4.78 is 6.47. The van der Waals surface area contributed by atoms with Gasteiger partial charge in [0.15, 0.2) is 0 Å². The van der Waals surface area contributed by atoms with Gasteiger partial charge in [0, 0.05) is 9.26 Å². The number of rotatable bonds is 7. The second-order valence-electron chi connectivity index (χ2n) is 7.57. The van der Waals surface area contributed by atoms with E-state index in [1.807, 2.05) is 41.3 Å². The van der Waals surface area contributed by atoms with Crippen molar-refractivity contribution in [1.82, 2.24) is 0 Å². The fourth-order valence-electron chi connectivity index (χ4n) is 4.09. The molecule has 1 N–H and O–H groups in total. The maximum absolute atomic E-state index is 13.1. The Hall–Kier alpha value is -2.54. The fourth-order valence-corrected chi connectivity index (χ4v) is 4.45. The van der Waals surface area contributed by atoms with E-state index >= 15 is 0 Å². The molecule has 154 valence electrons. The first-order valence-electron chi connectivity index (χ1n) is 10.1. The van der Waals surface area contributed by atoms with E-state index in [0.717, 1.165) is 36.3 Å². The summed E-state index contributed by atoms with van der Waals surface area (Å²) in [5, 5.41) is 9.68. The quantitative estimate of drug-likeness (QED) is 0.324. The number of amides is 1. The van der Waals surface area contributed by atoms with Gasteiger partial charge >= 0.3 is 0 Å². The van der Waals surface area contributed by atoms with E-state index < -0.39 is 0 Å².